The molecule has 1 saturated carbocycles. The van der Waals surface area contributed by atoms with Gasteiger partial charge in [0.25, 0.3) is 11.6 Å². The Hall–Kier alpha value is -2.44. The van der Waals surface area contributed by atoms with Crippen LogP contribution in [0.4, 0.5) is 0 Å². The molecule has 0 atom stereocenters. The summed E-state index contributed by atoms with van der Waals surface area (Å²) < 4.78 is 5.43. The summed E-state index contributed by atoms with van der Waals surface area (Å²) in [5.41, 5.74) is 1.61. The zero-order valence-corrected chi connectivity index (χ0v) is 16.3. The van der Waals surface area contributed by atoms with Gasteiger partial charge in [0.2, 0.25) is 0 Å². The third kappa shape index (κ3) is 3.82. The average Bonchev–Trinajstić information content (AvgIpc) is 3.38. The lowest BCUT2D eigenvalue weighted by molar-refractivity contribution is -0.138. The van der Waals surface area contributed by atoms with Crippen LogP contribution in [0.5, 0.6) is 0 Å². The van der Waals surface area contributed by atoms with Crippen molar-refractivity contribution in [3.8, 4) is 0 Å². The van der Waals surface area contributed by atoms with Crippen molar-refractivity contribution < 1.29 is 19.2 Å². The number of carboxylic acid groups (broad SMARTS) is 1. The number of hydrogen-bond donors (Lipinski definition) is 2. The zero-order chi connectivity index (χ0) is 19.8. The summed E-state index contributed by atoms with van der Waals surface area (Å²) >= 11 is 0. The van der Waals surface area contributed by atoms with E-state index in [1.165, 1.54) is 0 Å². The molecule has 2 aromatic heterocycles. The molecule has 0 bridgehead atoms. The fourth-order valence-electron chi connectivity index (χ4n) is 3.47. The number of nitrogens with zero attached hydrogens (tertiary/aromatic N) is 2. The van der Waals surface area contributed by atoms with Crippen molar-refractivity contribution in [1.82, 2.24) is 15.5 Å². The monoisotopic (exact) mass is 373 g/mol. The summed E-state index contributed by atoms with van der Waals surface area (Å²) in [5, 5.41) is 17.0. The Balaban J connectivity index is 2.06. The maximum atomic E-state index is 13.2. The molecule has 0 radical (unpaired) electrons. The minimum Gasteiger partial charge on any atom is -0.481 e. The van der Waals surface area contributed by atoms with Crippen molar-refractivity contribution in [3.05, 3.63) is 23.0 Å². The van der Waals surface area contributed by atoms with Gasteiger partial charge in [0.05, 0.1) is 28.6 Å². The second-order valence-corrected chi connectivity index (χ2v) is 7.78. The first kappa shape index (κ1) is 19.3. The van der Waals surface area contributed by atoms with Gasteiger partial charge in [-0.15, -0.1) is 0 Å². The van der Waals surface area contributed by atoms with E-state index in [0.29, 0.717) is 41.1 Å². The molecule has 2 heterocycles. The van der Waals surface area contributed by atoms with Crippen molar-refractivity contribution in [2.45, 2.75) is 77.2 Å². The van der Waals surface area contributed by atoms with Crippen molar-refractivity contribution in [3.63, 3.8) is 0 Å². The smallest absolute Gasteiger partial charge is 0.305 e. The molecular weight excluding hydrogens is 346 g/mol. The Labute approximate surface area is 158 Å². The van der Waals surface area contributed by atoms with Gasteiger partial charge in [-0.05, 0) is 37.7 Å². The number of nitrogens with one attached hydrogen (secondary N) is 1. The van der Waals surface area contributed by atoms with Gasteiger partial charge in [-0.25, -0.2) is 4.98 Å². The van der Waals surface area contributed by atoms with Gasteiger partial charge in [0, 0.05) is 11.6 Å². The number of aliphatic carboxylic acids is 1. The number of carbonyl (C=O) groups is 2. The number of rotatable bonds is 8. The van der Waals surface area contributed by atoms with Gasteiger partial charge in [-0.3, -0.25) is 9.59 Å². The molecule has 7 nitrogen and oxygen atoms in total. The quantitative estimate of drug-likeness (QED) is 0.725. The maximum Gasteiger partial charge on any atom is 0.305 e. The van der Waals surface area contributed by atoms with Crippen molar-refractivity contribution >= 4 is 23.0 Å². The van der Waals surface area contributed by atoms with Gasteiger partial charge in [-0.2, -0.15) is 0 Å². The molecule has 27 heavy (non-hydrogen) atoms. The molecule has 7 heteroatoms. The third-order valence-electron chi connectivity index (χ3n) is 5.50. The van der Waals surface area contributed by atoms with Crippen LogP contribution in [0.25, 0.3) is 11.1 Å². The van der Waals surface area contributed by atoms with Gasteiger partial charge >= 0.3 is 5.97 Å². The Bertz CT molecular complexity index is 863. The fourth-order valence-corrected chi connectivity index (χ4v) is 3.47. The highest BCUT2D eigenvalue weighted by atomic mass is 16.5. The van der Waals surface area contributed by atoms with E-state index in [1.54, 1.807) is 0 Å². The highest BCUT2D eigenvalue weighted by Gasteiger charge is 2.34. The predicted molar refractivity (Wildman–Crippen MR) is 101 cm³/mol. The molecule has 1 fully saturated rings. The Morgan fingerprint density at radius 3 is 2.52 bits per heavy atom. The molecule has 0 aliphatic heterocycles. The lowest BCUT2D eigenvalue weighted by atomic mass is 9.88. The van der Waals surface area contributed by atoms with E-state index < -0.39 is 11.5 Å². The molecule has 146 valence electrons. The maximum absolute atomic E-state index is 13.2. The summed E-state index contributed by atoms with van der Waals surface area (Å²) in [6, 6.07) is 1.83. The van der Waals surface area contributed by atoms with Crippen molar-refractivity contribution in [2.75, 3.05) is 0 Å². The largest absolute Gasteiger partial charge is 0.481 e. The molecule has 1 aliphatic rings. The van der Waals surface area contributed by atoms with Gasteiger partial charge in [-0.1, -0.05) is 32.9 Å². The fraction of sp³-hybridized carbons (Fsp3) is 0.600. The molecule has 1 amide bonds. The van der Waals surface area contributed by atoms with E-state index in [2.05, 4.69) is 15.5 Å². The van der Waals surface area contributed by atoms with Crippen molar-refractivity contribution in [2.24, 2.45) is 0 Å². The second-order valence-electron chi connectivity index (χ2n) is 7.78. The summed E-state index contributed by atoms with van der Waals surface area (Å²) in [6.07, 6.45) is 3.06. The molecule has 2 aromatic rings. The van der Waals surface area contributed by atoms with Crippen LogP contribution in [0.3, 0.4) is 0 Å². The predicted octanol–water partition coefficient (Wildman–Crippen LogP) is 3.99. The number of fused-ring (bicyclic) bond motifs is 1. The zero-order valence-electron chi connectivity index (χ0n) is 16.3. The molecule has 0 aromatic carbocycles. The van der Waals surface area contributed by atoms with Crippen LogP contribution in [0.2, 0.25) is 0 Å². The topological polar surface area (TPSA) is 105 Å². The molecule has 1 aliphatic carbocycles. The first-order chi connectivity index (χ1) is 12.8. The standard InChI is InChI=1S/C20H27N3O4/c1-5-20(6-2,10-15(24)25)22-18(26)13-9-14(12-7-8-12)21-19-16(13)17(11(3)4)23-27-19/h9,11-12H,5-8,10H2,1-4H3,(H,22,26)(H,24,25). The highest BCUT2D eigenvalue weighted by Crippen LogP contribution is 2.41. The Morgan fingerprint density at radius 1 is 1.33 bits per heavy atom. The van der Waals surface area contributed by atoms with Crippen LogP contribution in [0, 0.1) is 0 Å². The number of amides is 1. The third-order valence-corrected chi connectivity index (χ3v) is 5.50. The van der Waals surface area contributed by atoms with E-state index >= 15 is 0 Å². The molecule has 2 N–H and O–H groups in total. The van der Waals surface area contributed by atoms with Gasteiger partial charge in [0.15, 0.2) is 0 Å². The van der Waals surface area contributed by atoms with Crippen LogP contribution in [-0.4, -0.2) is 32.7 Å². The first-order valence-corrected chi connectivity index (χ1v) is 9.64. The number of carboxylic acids is 1. The minimum absolute atomic E-state index is 0.0764. The lowest BCUT2D eigenvalue weighted by Gasteiger charge is -2.31. The van der Waals surface area contributed by atoms with Crippen LogP contribution in [0.1, 0.15) is 93.4 Å². The SMILES string of the molecule is CCC(CC)(CC(=O)O)NC(=O)c1cc(C2CC2)nc2onc(C(C)C)c12. The van der Waals surface area contributed by atoms with Gasteiger partial charge < -0.3 is 14.9 Å². The lowest BCUT2D eigenvalue weighted by Crippen LogP contribution is -2.49. The normalized spacial score (nSPS) is 14.7. The molecule has 0 spiro atoms. The van der Waals surface area contributed by atoms with Crippen LogP contribution < -0.4 is 5.32 Å². The molecular formula is C20H27N3O4. The van der Waals surface area contributed by atoms with E-state index in [-0.39, 0.29) is 18.2 Å². The van der Waals surface area contributed by atoms with Crippen LogP contribution in [-0.2, 0) is 4.79 Å². The number of carbonyl (C=O) groups excluding carboxylic acids is 1. The Morgan fingerprint density at radius 2 is 2.00 bits per heavy atom. The van der Waals surface area contributed by atoms with E-state index in [4.69, 9.17) is 4.52 Å². The van der Waals surface area contributed by atoms with Crippen molar-refractivity contribution in [1.29, 1.82) is 0 Å². The second kappa shape index (κ2) is 7.29. The minimum atomic E-state index is -0.926. The van der Waals surface area contributed by atoms with E-state index in [1.807, 2.05) is 33.8 Å². The summed E-state index contributed by atoms with van der Waals surface area (Å²) in [6.45, 7) is 7.76. The summed E-state index contributed by atoms with van der Waals surface area (Å²) in [7, 11) is 0. The number of hydrogen-bond acceptors (Lipinski definition) is 5. The molecule has 0 unspecified atom stereocenters. The van der Waals surface area contributed by atoms with E-state index in [9.17, 15) is 14.7 Å². The van der Waals surface area contributed by atoms with Crippen LogP contribution in [0.15, 0.2) is 10.6 Å². The number of aromatic nitrogens is 2. The molecule has 3 rings (SSSR count). The molecule has 0 saturated heterocycles. The van der Waals surface area contributed by atoms with E-state index in [0.717, 1.165) is 18.5 Å². The highest BCUT2D eigenvalue weighted by molar-refractivity contribution is 6.06. The summed E-state index contributed by atoms with van der Waals surface area (Å²) in [4.78, 5) is 29.1. The van der Waals surface area contributed by atoms with Crippen LogP contribution >= 0.6 is 0 Å². The number of pyridine rings is 1. The average molecular weight is 373 g/mol. The first-order valence-electron chi connectivity index (χ1n) is 9.64. The Kier molecular flexibility index (Phi) is 5.22. The van der Waals surface area contributed by atoms with Gasteiger partial charge in [0.1, 0.15) is 0 Å². The summed E-state index contributed by atoms with van der Waals surface area (Å²) in [5.74, 6) is -0.785.